The lowest BCUT2D eigenvalue weighted by Crippen LogP contribution is -2.29. The average molecular weight is 431 g/mol. The molecule has 1 heterocycles. The van der Waals surface area contributed by atoms with E-state index in [0.29, 0.717) is 18.7 Å². The number of thioether (sulfide) groups is 1. The van der Waals surface area contributed by atoms with Crippen LogP contribution >= 0.6 is 11.8 Å². The molecule has 0 saturated heterocycles. The van der Waals surface area contributed by atoms with Gasteiger partial charge in [-0.25, -0.2) is 0 Å². The van der Waals surface area contributed by atoms with E-state index >= 15 is 0 Å². The first-order valence-corrected chi connectivity index (χ1v) is 12.0. The van der Waals surface area contributed by atoms with Crippen LogP contribution in [-0.2, 0) is 6.54 Å². The zero-order chi connectivity index (χ0) is 21.2. The molecule has 0 spiro atoms. The highest BCUT2D eigenvalue weighted by Crippen LogP contribution is 2.43. The summed E-state index contributed by atoms with van der Waals surface area (Å²) in [5, 5.41) is 3.01. The molecule has 1 saturated carbocycles. The van der Waals surface area contributed by atoms with Gasteiger partial charge < -0.3 is 15.0 Å². The molecule has 1 aliphatic carbocycles. The number of hydrogen-bond donors (Lipinski definition) is 1. The van der Waals surface area contributed by atoms with Crippen LogP contribution in [0.1, 0.15) is 40.2 Å². The molecule has 0 aromatic heterocycles. The lowest BCUT2D eigenvalue weighted by atomic mass is 10.1. The van der Waals surface area contributed by atoms with Crippen molar-refractivity contribution in [3.8, 4) is 5.75 Å². The fourth-order valence-electron chi connectivity index (χ4n) is 4.02. The van der Waals surface area contributed by atoms with E-state index in [0.717, 1.165) is 29.5 Å². The van der Waals surface area contributed by atoms with Crippen molar-refractivity contribution in [1.82, 2.24) is 5.32 Å². The summed E-state index contributed by atoms with van der Waals surface area (Å²) >= 11 is 1.71. The molecule has 1 fully saturated rings. The van der Waals surface area contributed by atoms with Crippen molar-refractivity contribution in [2.45, 2.75) is 30.2 Å². The zero-order valence-electron chi connectivity index (χ0n) is 17.6. The van der Waals surface area contributed by atoms with E-state index in [1.165, 1.54) is 29.0 Å². The van der Waals surface area contributed by atoms with E-state index in [4.69, 9.17) is 4.74 Å². The van der Waals surface area contributed by atoms with Gasteiger partial charge in [0.05, 0.1) is 12.2 Å². The average Bonchev–Trinajstić information content (AvgIpc) is 3.68. The number of nitrogens with one attached hydrogen (secondary N) is 1. The molecule has 1 aliphatic heterocycles. The highest BCUT2D eigenvalue weighted by atomic mass is 32.2. The predicted octanol–water partition coefficient (Wildman–Crippen LogP) is 5.75. The zero-order valence-corrected chi connectivity index (χ0v) is 18.5. The molecule has 0 atom stereocenters. The summed E-state index contributed by atoms with van der Waals surface area (Å²) in [7, 11) is 0. The Morgan fingerprint density at radius 2 is 1.94 bits per heavy atom. The Labute approximate surface area is 187 Å². The minimum Gasteiger partial charge on any atom is -0.490 e. The van der Waals surface area contributed by atoms with Gasteiger partial charge in [-0.3, -0.25) is 4.79 Å². The second kappa shape index (κ2) is 8.67. The van der Waals surface area contributed by atoms with E-state index in [2.05, 4.69) is 65.0 Å². The molecule has 5 heteroatoms. The van der Waals surface area contributed by atoms with Crippen LogP contribution in [-0.4, -0.2) is 25.3 Å². The summed E-state index contributed by atoms with van der Waals surface area (Å²) < 4.78 is 5.92. The van der Waals surface area contributed by atoms with Crippen LogP contribution < -0.4 is 15.0 Å². The maximum absolute atomic E-state index is 12.7. The third-order valence-electron chi connectivity index (χ3n) is 5.93. The fourth-order valence-corrected chi connectivity index (χ4v) is 4.43. The SMILES string of the molecule is CSc1ccc(CNC(=O)c2ccc3c(c2)OCCN3c2cccc(C3CC3)c2)cc1. The smallest absolute Gasteiger partial charge is 0.251 e. The Bertz CT molecular complexity index is 1090. The molecule has 1 N–H and O–H groups in total. The lowest BCUT2D eigenvalue weighted by molar-refractivity contribution is 0.0950. The van der Waals surface area contributed by atoms with Crippen LogP contribution in [0.2, 0.25) is 0 Å². The lowest BCUT2D eigenvalue weighted by Gasteiger charge is -2.32. The topological polar surface area (TPSA) is 41.6 Å². The summed E-state index contributed by atoms with van der Waals surface area (Å²) in [6, 6.07) is 22.8. The molecule has 2 aliphatic rings. The van der Waals surface area contributed by atoms with Crippen molar-refractivity contribution >= 4 is 29.0 Å². The Morgan fingerprint density at radius 1 is 1.10 bits per heavy atom. The number of ether oxygens (including phenoxy) is 1. The Kier molecular flexibility index (Phi) is 5.60. The van der Waals surface area contributed by atoms with Crippen LogP contribution in [0.25, 0.3) is 0 Å². The van der Waals surface area contributed by atoms with E-state index < -0.39 is 0 Å². The van der Waals surface area contributed by atoms with Gasteiger partial charge in [-0.1, -0.05) is 24.3 Å². The van der Waals surface area contributed by atoms with Gasteiger partial charge in [0.2, 0.25) is 0 Å². The van der Waals surface area contributed by atoms with Crippen LogP contribution in [0.5, 0.6) is 5.75 Å². The standard InChI is InChI=1S/C26H26N2O2S/c1-31-23-10-5-18(6-11-23)17-27-26(29)21-9-12-24-25(16-21)30-14-13-28(24)22-4-2-3-20(15-22)19-7-8-19/h2-6,9-12,15-16,19H,7-8,13-14,17H2,1H3,(H,27,29). The highest BCUT2D eigenvalue weighted by molar-refractivity contribution is 7.98. The quantitative estimate of drug-likeness (QED) is 0.506. The largest absolute Gasteiger partial charge is 0.490 e. The third-order valence-corrected chi connectivity index (χ3v) is 6.67. The van der Waals surface area contributed by atoms with E-state index in [-0.39, 0.29) is 5.91 Å². The number of fused-ring (bicyclic) bond motifs is 1. The van der Waals surface area contributed by atoms with E-state index in [9.17, 15) is 4.79 Å². The number of carbonyl (C=O) groups excluding carboxylic acids is 1. The first kappa shape index (κ1) is 20.0. The number of anilines is 2. The molecule has 3 aromatic rings. The van der Waals surface area contributed by atoms with Gasteiger partial charge in [-0.15, -0.1) is 11.8 Å². The molecule has 0 radical (unpaired) electrons. The number of rotatable bonds is 6. The van der Waals surface area contributed by atoms with E-state index in [1.807, 2.05) is 18.2 Å². The van der Waals surface area contributed by atoms with Crippen molar-refractivity contribution in [2.75, 3.05) is 24.3 Å². The van der Waals surface area contributed by atoms with E-state index in [1.54, 1.807) is 11.8 Å². The summed E-state index contributed by atoms with van der Waals surface area (Å²) in [5.74, 6) is 1.40. The maximum Gasteiger partial charge on any atom is 0.251 e. The van der Waals surface area contributed by atoms with Crippen molar-refractivity contribution in [1.29, 1.82) is 0 Å². The fraction of sp³-hybridized carbons (Fsp3) is 0.269. The molecule has 5 rings (SSSR count). The van der Waals surface area contributed by atoms with Gasteiger partial charge in [-0.2, -0.15) is 0 Å². The number of hydrogen-bond acceptors (Lipinski definition) is 4. The maximum atomic E-state index is 12.7. The molecule has 158 valence electrons. The number of benzene rings is 3. The minimum atomic E-state index is -0.0896. The Balaban J connectivity index is 1.31. The van der Waals surface area contributed by atoms with Crippen molar-refractivity contribution in [3.05, 3.63) is 83.4 Å². The van der Waals surface area contributed by atoms with Crippen LogP contribution in [0.15, 0.2) is 71.6 Å². The Morgan fingerprint density at radius 3 is 2.71 bits per heavy atom. The van der Waals surface area contributed by atoms with Crippen LogP contribution in [0.3, 0.4) is 0 Å². The molecule has 4 nitrogen and oxygen atoms in total. The van der Waals surface area contributed by atoms with Gasteiger partial charge >= 0.3 is 0 Å². The van der Waals surface area contributed by atoms with Gasteiger partial charge in [0.15, 0.2) is 0 Å². The molecule has 3 aromatic carbocycles. The Hall–Kier alpha value is -2.92. The van der Waals surface area contributed by atoms with Gasteiger partial charge in [0.25, 0.3) is 5.91 Å². The summed E-state index contributed by atoms with van der Waals surface area (Å²) in [6.07, 6.45) is 4.65. The summed E-state index contributed by atoms with van der Waals surface area (Å²) in [4.78, 5) is 16.2. The second-order valence-electron chi connectivity index (χ2n) is 8.08. The first-order chi connectivity index (χ1) is 15.2. The number of amides is 1. The van der Waals surface area contributed by atoms with Gasteiger partial charge in [-0.05, 0) is 78.6 Å². The van der Waals surface area contributed by atoms with Crippen molar-refractivity contribution in [3.63, 3.8) is 0 Å². The molecule has 0 unspecified atom stereocenters. The third kappa shape index (κ3) is 4.42. The number of carbonyl (C=O) groups is 1. The van der Waals surface area contributed by atoms with Crippen molar-refractivity contribution in [2.24, 2.45) is 0 Å². The monoisotopic (exact) mass is 430 g/mol. The van der Waals surface area contributed by atoms with Gasteiger partial charge in [0.1, 0.15) is 12.4 Å². The molecular weight excluding hydrogens is 404 g/mol. The normalized spacial score (nSPS) is 15.2. The van der Waals surface area contributed by atoms with Crippen LogP contribution in [0.4, 0.5) is 11.4 Å². The molecule has 1 amide bonds. The molecular formula is C26H26N2O2S. The second-order valence-corrected chi connectivity index (χ2v) is 8.96. The summed E-state index contributed by atoms with van der Waals surface area (Å²) in [6.45, 7) is 1.91. The molecule has 31 heavy (non-hydrogen) atoms. The number of nitrogens with zero attached hydrogens (tertiary/aromatic N) is 1. The van der Waals surface area contributed by atoms with Crippen molar-refractivity contribution < 1.29 is 9.53 Å². The first-order valence-electron chi connectivity index (χ1n) is 10.8. The van der Waals surface area contributed by atoms with Crippen LogP contribution in [0, 0.1) is 0 Å². The minimum absolute atomic E-state index is 0.0896. The molecule has 0 bridgehead atoms. The summed E-state index contributed by atoms with van der Waals surface area (Å²) in [5.41, 5.74) is 5.34. The van der Waals surface area contributed by atoms with Gasteiger partial charge in [0, 0.05) is 22.7 Å². The highest BCUT2D eigenvalue weighted by Gasteiger charge is 2.25. The predicted molar refractivity (Wildman–Crippen MR) is 127 cm³/mol.